The Kier molecular flexibility index (Phi) is 7.07. The topological polar surface area (TPSA) is 92.4 Å². The van der Waals surface area contributed by atoms with E-state index in [1.54, 1.807) is 36.4 Å². The van der Waals surface area contributed by atoms with E-state index in [1.807, 2.05) is 47.9 Å². The molecule has 0 unspecified atom stereocenters. The zero-order valence-corrected chi connectivity index (χ0v) is 19.2. The van der Waals surface area contributed by atoms with Gasteiger partial charge in [-0.3, -0.25) is 9.36 Å². The van der Waals surface area contributed by atoms with Crippen LogP contribution in [0.4, 0.5) is 0 Å². The second-order valence-electron chi connectivity index (χ2n) is 7.12. The fourth-order valence-electron chi connectivity index (χ4n) is 3.01. The minimum atomic E-state index is -0.307. The average Bonchev–Trinajstić information content (AvgIpc) is 3.24. The lowest BCUT2D eigenvalue weighted by atomic mass is 10.2. The number of para-hydroxylation sites is 1. The molecular weight excluding hydrogens is 458 g/mol. The van der Waals surface area contributed by atoms with Crippen molar-refractivity contribution in [2.24, 2.45) is 5.10 Å². The maximum atomic E-state index is 12.3. The molecule has 4 aromatic rings. The van der Waals surface area contributed by atoms with Crippen molar-refractivity contribution in [1.82, 2.24) is 20.2 Å². The van der Waals surface area contributed by atoms with Gasteiger partial charge in [0.2, 0.25) is 0 Å². The first-order chi connectivity index (χ1) is 16.0. The minimum absolute atomic E-state index is 0.0860. The lowest BCUT2D eigenvalue weighted by molar-refractivity contribution is -0.118. The number of aromatic hydroxyl groups is 1. The van der Waals surface area contributed by atoms with Crippen LogP contribution in [0.1, 0.15) is 11.1 Å². The lowest BCUT2D eigenvalue weighted by Crippen LogP contribution is -2.20. The van der Waals surface area contributed by atoms with Crippen LogP contribution in [0.15, 0.2) is 83.1 Å². The van der Waals surface area contributed by atoms with E-state index in [2.05, 4.69) is 20.7 Å². The first-order valence-corrected chi connectivity index (χ1v) is 11.4. The Bertz CT molecular complexity index is 1290. The number of phenolic OH excluding ortho intramolecular Hbond substituents is 1. The van der Waals surface area contributed by atoms with Gasteiger partial charge in [-0.15, -0.1) is 10.2 Å². The van der Waals surface area contributed by atoms with Crippen LogP contribution in [0.3, 0.4) is 0 Å². The van der Waals surface area contributed by atoms with Crippen molar-refractivity contribution in [3.05, 3.63) is 88.9 Å². The largest absolute Gasteiger partial charge is 0.507 e. The number of benzene rings is 3. The van der Waals surface area contributed by atoms with Gasteiger partial charge >= 0.3 is 0 Å². The predicted octanol–water partition coefficient (Wildman–Crippen LogP) is 4.84. The molecule has 0 bridgehead atoms. The summed E-state index contributed by atoms with van der Waals surface area (Å²) in [6, 6.07) is 22.1. The van der Waals surface area contributed by atoms with Crippen molar-refractivity contribution in [2.75, 3.05) is 5.75 Å². The van der Waals surface area contributed by atoms with E-state index in [4.69, 9.17) is 11.6 Å². The lowest BCUT2D eigenvalue weighted by Gasteiger charge is -2.10. The summed E-state index contributed by atoms with van der Waals surface area (Å²) in [5.74, 6) is 0.517. The number of nitrogens with zero attached hydrogens (tertiary/aromatic N) is 4. The molecule has 0 aliphatic heterocycles. The maximum absolute atomic E-state index is 12.3. The van der Waals surface area contributed by atoms with Gasteiger partial charge in [0, 0.05) is 21.8 Å². The number of carbonyl (C=O) groups excluding carboxylic acids is 1. The molecule has 0 saturated heterocycles. The van der Waals surface area contributed by atoms with Crippen LogP contribution in [0, 0.1) is 6.92 Å². The van der Waals surface area contributed by atoms with Gasteiger partial charge in [0.1, 0.15) is 5.75 Å². The molecule has 1 aromatic heterocycles. The van der Waals surface area contributed by atoms with Gasteiger partial charge in [0.25, 0.3) is 5.91 Å². The molecule has 166 valence electrons. The van der Waals surface area contributed by atoms with E-state index in [9.17, 15) is 9.90 Å². The molecule has 3 aromatic carbocycles. The van der Waals surface area contributed by atoms with Crippen molar-refractivity contribution in [2.45, 2.75) is 12.1 Å². The maximum Gasteiger partial charge on any atom is 0.250 e. The third-order valence-corrected chi connectivity index (χ3v) is 5.87. The third-order valence-electron chi connectivity index (χ3n) is 4.69. The van der Waals surface area contributed by atoms with E-state index < -0.39 is 0 Å². The van der Waals surface area contributed by atoms with E-state index in [1.165, 1.54) is 18.0 Å². The number of aromatic nitrogens is 3. The Hall–Kier alpha value is -3.62. The fourth-order valence-corrected chi connectivity index (χ4v) is 3.88. The molecule has 9 heteroatoms. The number of hydrogen-bond donors (Lipinski definition) is 2. The normalized spacial score (nSPS) is 11.1. The highest BCUT2D eigenvalue weighted by atomic mass is 35.5. The van der Waals surface area contributed by atoms with E-state index in [0.29, 0.717) is 21.6 Å². The van der Waals surface area contributed by atoms with E-state index in [-0.39, 0.29) is 17.4 Å². The molecule has 0 aliphatic carbocycles. The Morgan fingerprint density at radius 2 is 1.82 bits per heavy atom. The average molecular weight is 478 g/mol. The molecule has 1 heterocycles. The zero-order chi connectivity index (χ0) is 23.2. The molecule has 0 atom stereocenters. The highest BCUT2D eigenvalue weighted by Gasteiger charge is 2.17. The molecule has 0 aliphatic rings. The van der Waals surface area contributed by atoms with Crippen LogP contribution < -0.4 is 5.43 Å². The number of rotatable bonds is 7. The molecule has 0 radical (unpaired) electrons. The minimum Gasteiger partial charge on any atom is -0.507 e. The summed E-state index contributed by atoms with van der Waals surface area (Å²) in [6.45, 7) is 2.02. The van der Waals surface area contributed by atoms with Crippen molar-refractivity contribution < 1.29 is 9.90 Å². The zero-order valence-electron chi connectivity index (χ0n) is 17.6. The highest BCUT2D eigenvalue weighted by Crippen LogP contribution is 2.28. The van der Waals surface area contributed by atoms with Crippen molar-refractivity contribution in [3.63, 3.8) is 0 Å². The summed E-state index contributed by atoms with van der Waals surface area (Å²) in [6.07, 6.45) is 1.39. The quantitative estimate of drug-likeness (QED) is 0.225. The van der Waals surface area contributed by atoms with Crippen LogP contribution in [0.2, 0.25) is 5.02 Å². The van der Waals surface area contributed by atoms with Crippen molar-refractivity contribution in [3.8, 4) is 22.8 Å². The van der Waals surface area contributed by atoms with Gasteiger partial charge in [-0.05, 0) is 55.5 Å². The van der Waals surface area contributed by atoms with Crippen LogP contribution in [0.25, 0.3) is 17.1 Å². The van der Waals surface area contributed by atoms with Crippen molar-refractivity contribution in [1.29, 1.82) is 0 Å². The van der Waals surface area contributed by atoms with Gasteiger partial charge in [0.05, 0.1) is 12.0 Å². The fraction of sp³-hybridized carbons (Fsp3) is 0.0833. The SMILES string of the molecule is Cc1ccc(-n2c(SCC(=O)N/N=C\c3ccccc3O)nnc2-c2ccc(Cl)cc2)cc1. The van der Waals surface area contributed by atoms with Gasteiger partial charge < -0.3 is 5.11 Å². The summed E-state index contributed by atoms with van der Waals surface area (Å²) >= 11 is 7.29. The summed E-state index contributed by atoms with van der Waals surface area (Å²) in [5.41, 5.74) is 5.86. The number of halogens is 1. The van der Waals surface area contributed by atoms with Crippen LogP contribution in [-0.4, -0.2) is 37.7 Å². The van der Waals surface area contributed by atoms with E-state index >= 15 is 0 Å². The summed E-state index contributed by atoms with van der Waals surface area (Å²) in [4.78, 5) is 12.3. The number of hydrogen-bond acceptors (Lipinski definition) is 6. The number of thioether (sulfide) groups is 1. The van der Waals surface area contributed by atoms with Gasteiger partial charge in [-0.2, -0.15) is 5.10 Å². The third kappa shape index (κ3) is 5.60. The summed E-state index contributed by atoms with van der Waals surface area (Å²) < 4.78 is 1.91. The Labute approximate surface area is 200 Å². The molecule has 1 amide bonds. The molecule has 7 nitrogen and oxygen atoms in total. The predicted molar refractivity (Wildman–Crippen MR) is 131 cm³/mol. The Morgan fingerprint density at radius 3 is 2.55 bits per heavy atom. The first kappa shape index (κ1) is 22.6. The molecular formula is C24H20ClN5O2S. The molecule has 0 saturated carbocycles. The number of carbonyl (C=O) groups is 1. The number of nitrogens with one attached hydrogen (secondary N) is 1. The highest BCUT2D eigenvalue weighted by molar-refractivity contribution is 7.99. The van der Waals surface area contributed by atoms with Crippen LogP contribution >= 0.6 is 23.4 Å². The molecule has 33 heavy (non-hydrogen) atoms. The number of aryl methyl sites for hydroxylation is 1. The Morgan fingerprint density at radius 1 is 1.09 bits per heavy atom. The molecule has 0 spiro atoms. The van der Waals surface area contributed by atoms with Crippen LogP contribution in [-0.2, 0) is 4.79 Å². The van der Waals surface area contributed by atoms with Gasteiger partial charge in [-0.1, -0.05) is 53.2 Å². The second kappa shape index (κ2) is 10.3. The number of phenols is 1. The standard InChI is InChI=1S/C24H20ClN5O2S/c1-16-6-12-20(13-7-16)30-23(17-8-10-19(25)11-9-17)28-29-24(30)33-15-22(32)27-26-14-18-4-2-3-5-21(18)31/h2-14,31H,15H2,1H3,(H,27,32)/b26-14-. The van der Waals surface area contributed by atoms with Crippen molar-refractivity contribution >= 4 is 35.5 Å². The summed E-state index contributed by atoms with van der Waals surface area (Å²) in [5, 5.41) is 23.6. The van der Waals surface area contributed by atoms with E-state index in [0.717, 1.165) is 16.8 Å². The van der Waals surface area contributed by atoms with Gasteiger partial charge in [-0.25, -0.2) is 5.43 Å². The number of hydrazone groups is 1. The molecule has 2 N–H and O–H groups in total. The molecule has 0 fully saturated rings. The second-order valence-corrected chi connectivity index (χ2v) is 8.50. The number of amides is 1. The molecule has 4 rings (SSSR count). The first-order valence-electron chi connectivity index (χ1n) is 10.0. The Balaban J connectivity index is 1.52. The summed E-state index contributed by atoms with van der Waals surface area (Å²) in [7, 11) is 0. The van der Waals surface area contributed by atoms with Crippen LogP contribution in [0.5, 0.6) is 5.75 Å². The smallest absolute Gasteiger partial charge is 0.250 e. The van der Waals surface area contributed by atoms with Gasteiger partial charge in [0.15, 0.2) is 11.0 Å². The monoisotopic (exact) mass is 477 g/mol.